The first kappa shape index (κ1) is 15.1. The molecule has 1 heterocycles. The van der Waals surface area contributed by atoms with Crippen molar-refractivity contribution in [3.8, 4) is 0 Å². The quantitative estimate of drug-likeness (QED) is 0.871. The van der Waals surface area contributed by atoms with Gasteiger partial charge in [0, 0.05) is 23.2 Å². The Hall–Kier alpha value is -1.32. The van der Waals surface area contributed by atoms with Crippen LogP contribution in [0.3, 0.4) is 0 Å². The molecular formula is C17H24N2S. The van der Waals surface area contributed by atoms with Crippen molar-refractivity contribution in [1.82, 2.24) is 0 Å². The third kappa shape index (κ3) is 3.84. The second-order valence-electron chi connectivity index (χ2n) is 5.39. The molecule has 1 aromatic heterocycles. The number of hydrogen-bond acceptors (Lipinski definition) is 3. The van der Waals surface area contributed by atoms with Crippen LogP contribution in [0.25, 0.3) is 0 Å². The average molecular weight is 288 g/mol. The van der Waals surface area contributed by atoms with E-state index in [0.29, 0.717) is 0 Å². The van der Waals surface area contributed by atoms with Crippen molar-refractivity contribution in [3.05, 3.63) is 51.7 Å². The summed E-state index contributed by atoms with van der Waals surface area (Å²) in [5.74, 6) is 0. The van der Waals surface area contributed by atoms with E-state index in [1.165, 1.54) is 21.7 Å². The molecule has 0 amide bonds. The van der Waals surface area contributed by atoms with Crippen LogP contribution in [0.5, 0.6) is 0 Å². The number of aryl methyl sites for hydroxylation is 1. The first-order valence-electron chi connectivity index (χ1n) is 7.22. The highest BCUT2D eigenvalue weighted by Gasteiger charge is 2.09. The molecule has 2 nitrogen and oxygen atoms in total. The molecule has 0 aliphatic heterocycles. The molecule has 20 heavy (non-hydrogen) atoms. The lowest BCUT2D eigenvalue weighted by molar-refractivity contribution is 0.734. The highest BCUT2D eigenvalue weighted by molar-refractivity contribution is 7.09. The first-order valence-corrected chi connectivity index (χ1v) is 8.10. The van der Waals surface area contributed by atoms with E-state index in [9.17, 15) is 0 Å². The lowest BCUT2D eigenvalue weighted by atomic mass is 10.0. The SMILES string of the molecule is CCN(Cc1cccs1)c1ccc(CC(C)N)c(C)c1. The maximum atomic E-state index is 5.90. The van der Waals surface area contributed by atoms with Gasteiger partial charge in [-0.15, -0.1) is 11.3 Å². The molecule has 1 unspecified atom stereocenters. The molecule has 2 aromatic rings. The molecule has 0 saturated heterocycles. The van der Waals surface area contributed by atoms with E-state index in [2.05, 4.69) is 61.4 Å². The Morgan fingerprint density at radius 1 is 1.30 bits per heavy atom. The van der Waals surface area contributed by atoms with Crippen LogP contribution in [0.1, 0.15) is 29.9 Å². The zero-order valence-corrected chi connectivity index (χ0v) is 13.4. The number of anilines is 1. The van der Waals surface area contributed by atoms with Gasteiger partial charge >= 0.3 is 0 Å². The minimum absolute atomic E-state index is 0.216. The van der Waals surface area contributed by atoms with E-state index in [1.54, 1.807) is 0 Å². The predicted octanol–water partition coefficient (Wildman–Crippen LogP) is 3.97. The van der Waals surface area contributed by atoms with Gasteiger partial charge in [-0.1, -0.05) is 12.1 Å². The third-order valence-electron chi connectivity index (χ3n) is 3.54. The van der Waals surface area contributed by atoms with Crippen molar-refractivity contribution in [2.24, 2.45) is 5.73 Å². The lowest BCUT2D eigenvalue weighted by Crippen LogP contribution is -2.22. The van der Waals surface area contributed by atoms with Gasteiger partial charge < -0.3 is 10.6 Å². The molecule has 2 rings (SSSR count). The Bertz CT molecular complexity index is 532. The first-order chi connectivity index (χ1) is 9.60. The maximum absolute atomic E-state index is 5.90. The number of nitrogens with zero attached hydrogens (tertiary/aromatic N) is 1. The van der Waals surface area contributed by atoms with Crippen molar-refractivity contribution in [3.63, 3.8) is 0 Å². The van der Waals surface area contributed by atoms with E-state index in [0.717, 1.165) is 19.5 Å². The standard InChI is InChI=1S/C17H24N2S/c1-4-19(12-17-6-5-9-20-17)16-8-7-15(11-14(3)18)13(2)10-16/h5-10,14H,4,11-12,18H2,1-3H3. The normalized spacial score (nSPS) is 12.4. The summed E-state index contributed by atoms with van der Waals surface area (Å²) in [5.41, 5.74) is 9.89. The molecule has 0 fully saturated rings. The molecule has 0 aliphatic rings. The Kier molecular flexibility index (Phi) is 5.21. The second-order valence-corrected chi connectivity index (χ2v) is 6.42. The molecule has 2 N–H and O–H groups in total. The fraction of sp³-hybridized carbons (Fsp3) is 0.412. The van der Waals surface area contributed by atoms with Crippen molar-refractivity contribution >= 4 is 17.0 Å². The van der Waals surface area contributed by atoms with Gasteiger partial charge in [0.1, 0.15) is 0 Å². The molecule has 0 saturated carbocycles. The minimum atomic E-state index is 0.216. The summed E-state index contributed by atoms with van der Waals surface area (Å²) < 4.78 is 0. The summed E-state index contributed by atoms with van der Waals surface area (Å²) in [5, 5.41) is 2.14. The summed E-state index contributed by atoms with van der Waals surface area (Å²) >= 11 is 1.82. The third-order valence-corrected chi connectivity index (χ3v) is 4.40. The molecule has 0 bridgehead atoms. The zero-order valence-electron chi connectivity index (χ0n) is 12.6. The smallest absolute Gasteiger partial charge is 0.0522 e. The molecule has 0 aliphatic carbocycles. The Balaban J connectivity index is 2.16. The topological polar surface area (TPSA) is 29.3 Å². The van der Waals surface area contributed by atoms with Crippen molar-refractivity contribution in [2.45, 2.75) is 39.8 Å². The van der Waals surface area contributed by atoms with Crippen LogP contribution in [0.4, 0.5) is 5.69 Å². The second kappa shape index (κ2) is 6.91. The Morgan fingerprint density at radius 3 is 2.65 bits per heavy atom. The number of thiophene rings is 1. The molecular weight excluding hydrogens is 264 g/mol. The lowest BCUT2D eigenvalue weighted by Gasteiger charge is -2.24. The van der Waals surface area contributed by atoms with Crippen LogP contribution in [0, 0.1) is 6.92 Å². The van der Waals surface area contributed by atoms with E-state index in [4.69, 9.17) is 5.73 Å². The fourth-order valence-corrected chi connectivity index (χ4v) is 3.15. The number of rotatable bonds is 6. The van der Waals surface area contributed by atoms with E-state index in [-0.39, 0.29) is 6.04 Å². The van der Waals surface area contributed by atoms with E-state index in [1.807, 2.05) is 11.3 Å². The monoisotopic (exact) mass is 288 g/mol. The van der Waals surface area contributed by atoms with Crippen LogP contribution in [-0.4, -0.2) is 12.6 Å². The van der Waals surface area contributed by atoms with Gasteiger partial charge in [0.2, 0.25) is 0 Å². The van der Waals surface area contributed by atoms with Crippen LogP contribution < -0.4 is 10.6 Å². The van der Waals surface area contributed by atoms with Crippen LogP contribution in [0.15, 0.2) is 35.7 Å². The molecule has 1 aromatic carbocycles. The van der Waals surface area contributed by atoms with E-state index >= 15 is 0 Å². The van der Waals surface area contributed by atoms with Gasteiger partial charge in [0.15, 0.2) is 0 Å². The maximum Gasteiger partial charge on any atom is 0.0522 e. The van der Waals surface area contributed by atoms with Gasteiger partial charge in [-0.3, -0.25) is 0 Å². The number of benzene rings is 1. The van der Waals surface area contributed by atoms with Crippen LogP contribution in [-0.2, 0) is 13.0 Å². The van der Waals surface area contributed by atoms with Crippen molar-refractivity contribution in [2.75, 3.05) is 11.4 Å². The number of hydrogen-bond donors (Lipinski definition) is 1. The van der Waals surface area contributed by atoms with Crippen LogP contribution in [0.2, 0.25) is 0 Å². The van der Waals surface area contributed by atoms with E-state index < -0.39 is 0 Å². The Morgan fingerprint density at radius 2 is 2.10 bits per heavy atom. The summed E-state index contributed by atoms with van der Waals surface area (Å²) in [4.78, 5) is 3.82. The highest BCUT2D eigenvalue weighted by Crippen LogP contribution is 2.23. The van der Waals surface area contributed by atoms with Gasteiger partial charge in [0.05, 0.1) is 6.54 Å². The zero-order chi connectivity index (χ0) is 14.5. The van der Waals surface area contributed by atoms with Gasteiger partial charge in [-0.25, -0.2) is 0 Å². The predicted molar refractivity (Wildman–Crippen MR) is 89.6 cm³/mol. The summed E-state index contributed by atoms with van der Waals surface area (Å²) in [7, 11) is 0. The van der Waals surface area contributed by atoms with Crippen molar-refractivity contribution < 1.29 is 0 Å². The molecule has 1 atom stereocenters. The summed E-state index contributed by atoms with van der Waals surface area (Å²) in [6, 6.07) is 11.3. The van der Waals surface area contributed by atoms with Gasteiger partial charge in [-0.2, -0.15) is 0 Å². The van der Waals surface area contributed by atoms with Gasteiger partial charge in [-0.05, 0) is 61.9 Å². The average Bonchev–Trinajstić information content (AvgIpc) is 2.91. The van der Waals surface area contributed by atoms with Gasteiger partial charge in [0.25, 0.3) is 0 Å². The highest BCUT2D eigenvalue weighted by atomic mass is 32.1. The largest absolute Gasteiger partial charge is 0.367 e. The minimum Gasteiger partial charge on any atom is -0.367 e. The molecule has 3 heteroatoms. The molecule has 0 spiro atoms. The molecule has 108 valence electrons. The number of nitrogens with two attached hydrogens (primary N) is 1. The molecule has 0 radical (unpaired) electrons. The summed E-state index contributed by atoms with van der Waals surface area (Å²) in [6.45, 7) is 8.45. The fourth-order valence-electron chi connectivity index (χ4n) is 2.43. The summed E-state index contributed by atoms with van der Waals surface area (Å²) in [6.07, 6.45) is 0.948. The van der Waals surface area contributed by atoms with Crippen molar-refractivity contribution in [1.29, 1.82) is 0 Å². The Labute approximate surface area is 126 Å². The van der Waals surface area contributed by atoms with Crippen LogP contribution >= 0.6 is 11.3 Å².